The lowest BCUT2D eigenvalue weighted by Gasteiger charge is -2.11. The van der Waals surface area contributed by atoms with Crippen molar-refractivity contribution in [3.63, 3.8) is 0 Å². The average molecular weight is 468 g/mol. The molecule has 5 rings (SSSR count). The first kappa shape index (κ1) is 20.5. The molecule has 3 heterocycles. The molecule has 0 aliphatic carbocycles. The molecule has 7 nitrogen and oxygen atoms in total. The Balaban J connectivity index is 1.35. The van der Waals surface area contributed by atoms with E-state index >= 15 is 0 Å². The third-order valence-corrected chi connectivity index (χ3v) is 6.39. The van der Waals surface area contributed by atoms with Crippen LogP contribution in [0.25, 0.3) is 20.7 Å². The van der Waals surface area contributed by atoms with Gasteiger partial charge in [-0.05, 0) is 35.9 Å². The summed E-state index contributed by atoms with van der Waals surface area (Å²) in [6.45, 7) is 1.01. The number of carbonyl (C=O) groups is 1. The number of nitrogens with zero attached hydrogens (tertiary/aromatic N) is 2. The van der Waals surface area contributed by atoms with Crippen molar-refractivity contribution in [1.82, 2.24) is 9.55 Å². The minimum absolute atomic E-state index is 0.148. The Kier molecular flexibility index (Phi) is 5.55. The number of nitrogens with one attached hydrogen (secondary N) is 1. The molecule has 32 heavy (non-hydrogen) atoms. The van der Waals surface area contributed by atoms with Gasteiger partial charge in [-0.3, -0.25) is 14.2 Å². The standard InChI is InChI=1S/C23H18ClN3O4S/c24-15-4-2-14(3-5-15)20-11-17-22(32-20)23(29)27(13-25-17)12-21(28)26-16-6-7-18-19(10-16)31-9-1-8-30-18/h2-7,10-11,13H,1,8-9,12H2,(H,26,28). The highest BCUT2D eigenvalue weighted by Crippen LogP contribution is 2.33. The van der Waals surface area contributed by atoms with Crippen molar-refractivity contribution in [3.05, 3.63) is 70.2 Å². The zero-order chi connectivity index (χ0) is 22.1. The molecule has 1 N–H and O–H groups in total. The van der Waals surface area contributed by atoms with Crippen LogP contribution in [-0.4, -0.2) is 28.7 Å². The predicted molar refractivity (Wildman–Crippen MR) is 125 cm³/mol. The average Bonchev–Trinajstić information content (AvgIpc) is 3.09. The van der Waals surface area contributed by atoms with E-state index in [1.165, 1.54) is 22.2 Å². The zero-order valence-corrected chi connectivity index (χ0v) is 18.4. The van der Waals surface area contributed by atoms with Crippen LogP contribution in [0.4, 0.5) is 5.69 Å². The smallest absolute Gasteiger partial charge is 0.271 e. The molecule has 9 heteroatoms. The fraction of sp³-hybridized carbons (Fsp3) is 0.174. The van der Waals surface area contributed by atoms with Gasteiger partial charge in [0, 0.05) is 28.1 Å². The number of thiophene rings is 1. The van der Waals surface area contributed by atoms with E-state index in [0.717, 1.165) is 16.9 Å². The number of benzene rings is 2. The topological polar surface area (TPSA) is 82.5 Å². The van der Waals surface area contributed by atoms with E-state index in [1.807, 2.05) is 18.2 Å². The number of halogens is 1. The van der Waals surface area contributed by atoms with Gasteiger partial charge >= 0.3 is 0 Å². The summed E-state index contributed by atoms with van der Waals surface area (Å²) in [6.07, 6.45) is 2.20. The number of hydrogen-bond acceptors (Lipinski definition) is 6. The lowest BCUT2D eigenvalue weighted by Crippen LogP contribution is -2.27. The number of ether oxygens (including phenoxy) is 2. The van der Waals surface area contributed by atoms with Gasteiger partial charge in [0.15, 0.2) is 11.5 Å². The van der Waals surface area contributed by atoms with Gasteiger partial charge in [0.1, 0.15) is 11.2 Å². The summed E-state index contributed by atoms with van der Waals surface area (Å²) in [5.41, 5.74) is 1.87. The van der Waals surface area contributed by atoms with Crippen molar-refractivity contribution in [2.75, 3.05) is 18.5 Å². The summed E-state index contributed by atoms with van der Waals surface area (Å²) in [5.74, 6) is 0.909. The first-order valence-corrected chi connectivity index (χ1v) is 11.2. The third-order valence-electron chi connectivity index (χ3n) is 4.98. The molecule has 162 valence electrons. The van der Waals surface area contributed by atoms with E-state index in [2.05, 4.69) is 10.3 Å². The third kappa shape index (κ3) is 4.19. The zero-order valence-electron chi connectivity index (χ0n) is 16.8. The number of fused-ring (bicyclic) bond motifs is 2. The number of hydrogen-bond donors (Lipinski definition) is 1. The van der Waals surface area contributed by atoms with Gasteiger partial charge in [-0.25, -0.2) is 4.98 Å². The second-order valence-electron chi connectivity index (χ2n) is 7.27. The molecule has 0 saturated heterocycles. The number of amides is 1. The molecular formula is C23H18ClN3O4S. The quantitative estimate of drug-likeness (QED) is 0.475. The summed E-state index contributed by atoms with van der Waals surface area (Å²) < 4.78 is 13.1. The second kappa shape index (κ2) is 8.64. The van der Waals surface area contributed by atoms with Crippen LogP contribution >= 0.6 is 22.9 Å². The maximum atomic E-state index is 12.9. The van der Waals surface area contributed by atoms with Crippen molar-refractivity contribution in [1.29, 1.82) is 0 Å². The van der Waals surface area contributed by atoms with E-state index < -0.39 is 0 Å². The second-order valence-corrected chi connectivity index (χ2v) is 8.76. The van der Waals surface area contributed by atoms with Crippen LogP contribution in [0.3, 0.4) is 0 Å². The summed E-state index contributed by atoms with van der Waals surface area (Å²) >= 11 is 7.30. The molecule has 2 aromatic heterocycles. The molecular weight excluding hydrogens is 450 g/mol. The number of rotatable bonds is 4. The SMILES string of the molecule is O=C(Cn1cnc2cc(-c3ccc(Cl)cc3)sc2c1=O)Nc1ccc2c(c1)OCCCO2. The Morgan fingerprint density at radius 1 is 1.09 bits per heavy atom. The van der Waals surface area contributed by atoms with Crippen LogP contribution in [0.2, 0.25) is 5.02 Å². The Morgan fingerprint density at radius 3 is 2.69 bits per heavy atom. The molecule has 0 bridgehead atoms. The van der Waals surface area contributed by atoms with Crippen molar-refractivity contribution in [2.24, 2.45) is 0 Å². The van der Waals surface area contributed by atoms with Crippen LogP contribution < -0.4 is 20.3 Å². The van der Waals surface area contributed by atoms with Crippen LogP contribution in [0.5, 0.6) is 11.5 Å². The van der Waals surface area contributed by atoms with Gasteiger partial charge in [-0.2, -0.15) is 0 Å². The van der Waals surface area contributed by atoms with E-state index in [0.29, 0.717) is 45.6 Å². The number of anilines is 1. The van der Waals surface area contributed by atoms with Crippen molar-refractivity contribution in [2.45, 2.75) is 13.0 Å². The van der Waals surface area contributed by atoms with Crippen LogP contribution in [0, 0.1) is 0 Å². The summed E-state index contributed by atoms with van der Waals surface area (Å²) in [7, 11) is 0. The van der Waals surface area contributed by atoms with Gasteiger partial charge in [0.05, 0.1) is 25.1 Å². The van der Waals surface area contributed by atoms with Gasteiger partial charge in [-0.15, -0.1) is 11.3 Å². The molecule has 0 atom stereocenters. The first-order valence-electron chi connectivity index (χ1n) is 10.0. The molecule has 0 spiro atoms. The van der Waals surface area contributed by atoms with Crippen LogP contribution in [0.15, 0.2) is 59.7 Å². The molecule has 4 aromatic rings. The molecule has 0 unspecified atom stereocenters. The maximum Gasteiger partial charge on any atom is 0.271 e. The normalized spacial score (nSPS) is 13.0. The molecule has 0 fully saturated rings. The van der Waals surface area contributed by atoms with Gasteiger partial charge in [-0.1, -0.05) is 23.7 Å². The predicted octanol–water partition coefficient (Wildman–Crippen LogP) is 4.58. The van der Waals surface area contributed by atoms with E-state index in [1.54, 1.807) is 30.3 Å². The molecule has 2 aromatic carbocycles. The highest BCUT2D eigenvalue weighted by atomic mass is 35.5. The molecule has 0 radical (unpaired) electrons. The van der Waals surface area contributed by atoms with Crippen LogP contribution in [-0.2, 0) is 11.3 Å². The fourth-order valence-corrected chi connectivity index (χ4v) is 4.60. The minimum Gasteiger partial charge on any atom is -0.490 e. The van der Waals surface area contributed by atoms with Gasteiger partial charge in [0.2, 0.25) is 5.91 Å². The Bertz CT molecular complexity index is 1360. The fourth-order valence-electron chi connectivity index (χ4n) is 3.41. The number of aromatic nitrogens is 2. The van der Waals surface area contributed by atoms with Crippen molar-refractivity contribution in [3.8, 4) is 21.9 Å². The van der Waals surface area contributed by atoms with E-state index in [4.69, 9.17) is 21.1 Å². The molecule has 0 saturated carbocycles. The maximum absolute atomic E-state index is 12.9. The van der Waals surface area contributed by atoms with E-state index in [-0.39, 0.29) is 18.0 Å². The first-order chi connectivity index (χ1) is 15.6. The summed E-state index contributed by atoms with van der Waals surface area (Å²) in [4.78, 5) is 30.8. The summed E-state index contributed by atoms with van der Waals surface area (Å²) in [6, 6.07) is 14.5. The van der Waals surface area contributed by atoms with Gasteiger partial charge in [0.25, 0.3) is 5.56 Å². The summed E-state index contributed by atoms with van der Waals surface area (Å²) in [5, 5.41) is 3.45. The molecule has 1 amide bonds. The highest BCUT2D eigenvalue weighted by molar-refractivity contribution is 7.22. The van der Waals surface area contributed by atoms with E-state index in [9.17, 15) is 9.59 Å². The van der Waals surface area contributed by atoms with Crippen LogP contribution in [0.1, 0.15) is 6.42 Å². The number of carbonyl (C=O) groups excluding carboxylic acids is 1. The van der Waals surface area contributed by atoms with Gasteiger partial charge < -0.3 is 14.8 Å². The Hall–Kier alpha value is -3.36. The monoisotopic (exact) mass is 467 g/mol. The molecule has 1 aliphatic heterocycles. The lowest BCUT2D eigenvalue weighted by molar-refractivity contribution is -0.116. The minimum atomic E-state index is -0.336. The van der Waals surface area contributed by atoms with Crippen molar-refractivity contribution >= 4 is 44.7 Å². The van der Waals surface area contributed by atoms with Crippen molar-refractivity contribution < 1.29 is 14.3 Å². The largest absolute Gasteiger partial charge is 0.490 e. The molecule has 1 aliphatic rings. The Morgan fingerprint density at radius 2 is 1.88 bits per heavy atom. The highest BCUT2D eigenvalue weighted by Gasteiger charge is 2.15. The lowest BCUT2D eigenvalue weighted by atomic mass is 10.2. The Labute approximate surface area is 192 Å².